The molecule has 0 bridgehead atoms. The van der Waals surface area contributed by atoms with Crippen LogP contribution < -0.4 is 0 Å². The normalized spacial score (nSPS) is 13.0. The van der Waals surface area contributed by atoms with Crippen LogP contribution in [0.1, 0.15) is 19.5 Å². The van der Waals surface area contributed by atoms with Gasteiger partial charge in [0, 0.05) is 19.0 Å². The van der Waals surface area contributed by atoms with Crippen molar-refractivity contribution >= 4 is 22.1 Å². The van der Waals surface area contributed by atoms with Crippen molar-refractivity contribution in [1.29, 1.82) is 0 Å². The Morgan fingerprint density at radius 2 is 2.12 bits per heavy atom. The Balaban J connectivity index is 3.15. The lowest BCUT2D eigenvalue weighted by molar-refractivity contribution is 0.268. The summed E-state index contributed by atoms with van der Waals surface area (Å²) in [6.07, 6.45) is 2.78. The first-order valence-electron chi connectivity index (χ1n) is 4.76. The van der Waals surface area contributed by atoms with Gasteiger partial charge < -0.3 is 14.7 Å². The number of H-pyrrole nitrogens is 1. The zero-order valence-electron chi connectivity index (χ0n) is 9.52. The number of hydrogen-bond acceptors (Lipinski definition) is 4. The number of aliphatic hydroxyl groups is 1. The van der Waals surface area contributed by atoms with E-state index < -0.39 is 14.6 Å². The number of aliphatic hydroxyl groups excluding tert-OH is 1. The fourth-order valence-corrected chi connectivity index (χ4v) is 1.84. The third-order valence-corrected chi connectivity index (χ3v) is 5.13. The van der Waals surface area contributed by atoms with Crippen LogP contribution >= 0.6 is 12.2 Å². The molecule has 7 heteroatoms. The number of imidazole rings is 1. The maximum absolute atomic E-state index is 11.6. The van der Waals surface area contributed by atoms with Crippen LogP contribution in [0.3, 0.4) is 0 Å². The summed E-state index contributed by atoms with van der Waals surface area (Å²) in [5.74, 6) is 0. The number of aromatic amines is 1. The third kappa shape index (κ3) is 2.53. The van der Waals surface area contributed by atoms with E-state index in [2.05, 4.69) is 4.98 Å². The van der Waals surface area contributed by atoms with Crippen LogP contribution in [0.15, 0.2) is 6.20 Å². The highest BCUT2D eigenvalue weighted by Crippen LogP contribution is 2.19. The second-order valence-electron chi connectivity index (χ2n) is 4.36. The molecule has 0 atom stereocenters. The number of nitrogens with zero attached hydrogens (tertiary/aromatic N) is 1. The Kier molecular flexibility index (Phi) is 3.61. The van der Waals surface area contributed by atoms with Gasteiger partial charge in [-0.2, -0.15) is 0 Å². The van der Waals surface area contributed by atoms with Crippen molar-refractivity contribution in [1.82, 2.24) is 9.55 Å². The lowest BCUT2D eigenvalue weighted by Gasteiger charge is -2.23. The summed E-state index contributed by atoms with van der Waals surface area (Å²) in [5.41, 5.74) is 0.585. The van der Waals surface area contributed by atoms with Crippen LogP contribution in [0.5, 0.6) is 0 Å². The van der Waals surface area contributed by atoms with Crippen molar-refractivity contribution in [3.63, 3.8) is 0 Å². The molecule has 0 saturated heterocycles. The Hall–Kier alpha value is -0.660. The second-order valence-corrected chi connectivity index (χ2v) is 7.40. The van der Waals surface area contributed by atoms with Crippen molar-refractivity contribution in [2.24, 2.45) is 0 Å². The molecule has 0 saturated carbocycles. The minimum atomic E-state index is -3.18. The van der Waals surface area contributed by atoms with E-state index in [4.69, 9.17) is 17.3 Å². The lowest BCUT2D eigenvalue weighted by atomic mass is 10.2. The van der Waals surface area contributed by atoms with E-state index >= 15 is 0 Å². The molecule has 2 N–H and O–H groups in total. The molecule has 5 nitrogen and oxygen atoms in total. The summed E-state index contributed by atoms with van der Waals surface area (Å²) in [4.78, 5) is 2.79. The molecule has 0 unspecified atom stereocenters. The summed E-state index contributed by atoms with van der Waals surface area (Å²) < 4.78 is 24.2. The highest BCUT2D eigenvalue weighted by Gasteiger charge is 2.31. The molecule has 0 aliphatic rings. The molecular formula is C9H16N2O3S2. The fourth-order valence-electron chi connectivity index (χ4n) is 1.23. The van der Waals surface area contributed by atoms with Crippen molar-refractivity contribution in [3.8, 4) is 0 Å². The van der Waals surface area contributed by atoms with E-state index in [9.17, 15) is 8.42 Å². The number of hydrogen-bond donors (Lipinski definition) is 2. The summed E-state index contributed by atoms with van der Waals surface area (Å²) in [7, 11) is -3.18. The van der Waals surface area contributed by atoms with Crippen LogP contribution in [-0.2, 0) is 23.0 Å². The minimum Gasteiger partial charge on any atom is -0.390 e. The van der Waals surface area contributed by atoms with E-state index in [1.54, 1.807) is 24.6 Å². The average Bonchev–Trinajstić information content (AvgIpc) is 2.45. The van der Waals surface area contributed by atoms with Crippen LogP contribution in [0.4, 0.5) is 0 Å². The zero-order valence-corrected chi connectivity index (χ0v) is 11.2. The number of aromatic nitrogens is 2. The SMILES string of the molecule is CC(C)(Cn1c(CO)c[nH]c1=S)S(C)(=O)=O. The first kappa shape index (κ1) is 13.4. The summed E-state index contributed by atoms with van der Waals surface area (Å²) in [6.45, 7) is 3.33. The molecule has 0 fully saturated rings. The highest BCUT2D eigenvalue weighted by atomic mass is 32.2. The molecular weight excluding hydrogens is 248 g/mol. The predicted molar refractivity (Wildman–Crippen MR) is 64.5 cm³/mol. The van der Waals surface area contributed by atoms with E-state index in [0.717, 1.165) is 0 Å². The Morgan fingerprint density at radius 1 is 1.56 bits per heavy atom. The van der Waals surface area contributed by atoms with Crippen molar-refractivity contribution in [3.05, 3.63) is 16.7 Å². The van der Waals surface area contributed by atoms with Gasteiger partial charge in [-0.05, 0) is 26.1 Å². The second kappa shape index (κ2) is 4.31. The van der Waals surface area contributed by atoms with Gasteiger partial charge in [-0.3, -0.25) is 0 Å². The fraction of sp³-hybridized carbons (Fsp3) is 0.667. The van der Waals surface area contributed by atoms with Gasteiger partial charge in [-0.25, -0.2) is 8.42 Å². The number of nitrogens with one attached hydrogen (secondary N) is 1. The average molecular weight is 264 g/mol. The lowest BCUT2D eigenvalue weighted by Crippen LogP contribution is -2.36. The first-order chi connectivity index (χ1) is 7.19. The third-order valence-electron chi connectivity index (χ3n) is 2.66. The van der Waals surface area contributed by atoms with Crippen LogP contribution in [0.2, 0.25) is 0 Å². The van der Waals surface area contributed by atoms with Gasteiger partial charge in [-0.1, -0.05) is 0 Å². The molecule has 1 aromatic heterocycles. The molecule has 0 amide bonds. The first-order valence-corrected chi connectivity index (χ1v) is 7.06. The monoisotopic (exact) mass is 264 g/mol. The van der Waals surface area contributed by atoms with E-state index in [-0.39, 0.29) is 13.2 Å². The maximum atomic E-state index is 11.6. The number of rotatable bonds is 4. The largest absolute Gasteiger partial charge is 0.390 e. The van der Waals surface area contributed by atoms with Crippen molar-refractivity contribution in [2.45, 2.75) is 31.7 Å². The van der Waals surface area contributed by atoms with Crippen molar-refractivity contribution in [2.75, 3.05) is 6.26 Å². The molecule has 1 heterocycles. The molecule has 1 rings (SSSR count). The summed E-state index contributed by atoms with van der Waals surface area (Å²) >= 11 is 5.03. The molecule has 1 aromatic rings. The van der Waals surface area contributed by atoms with E-state index in [1.165, 1.54) is 6.26 Å². The predicted octanol–water partition coefficient (Wildman–Crippen LogP) is 0.861. The van der Waals surface area contributed by atoms with Gasteiger partial charge >= 0.3 is 0 Å². The van der Waals surface area contributed by atoms with Crippen LogP contribution in [0, 0.1) is 4.77 Å². The van der Waals surface area contributed by atoms with Gasteiger partial charge in [0.25, 0.3) is 0 Å². The molecule has 0 radical (unpaired) electrons. The molecule has 16 heavy (non-hydrogen) atoms. The van der Waals surface area contributed by atoms with Gasteiger partial charge in [0.05, 0.1) is 17.0 Å². The molecule has 0 aromatic carbocycles. The Bertz CT molecular complexity index is 525. The van der Waals surface area contributed by atoms with E-state index in [1.807, 2.05) is 0 Å². The molecule has 0 spiro atoms. The standard InChI is InChI=1S/C9H16N2O3S2/c1-9(2,16(3,13)14)6-11-7(5-12)4-10-8(11)15/h4,12H,5-6H2,1-3H3,(H,10,15). The van der Waals surface area contributed by atoms with E-state index in [0.29, 0.717) is 10.5 Å². The van der Waals surface area contributed by atoms with Gasteiger partial charge in [0.1, 0.15) is 0 Å². The maximum Gasteiger partial charge on any atom is 0.177 e. The Labute approximate surface area is 100 Å². The summed E-state index contributed by atoms with van der Waals surface area (Å²) in [5, 5.41) is 9.09. The topological polar surface area (TPSA) is 75.1 Å². The zero-order chi connectivity index (χ0) is 12.6. The van der Waals surface area contributed by atoms with Gasteiger partial charge in [-0.15, -0.1) is 0 Å². The summed E-state index contributed by atoms with van der Waals surface area (Å²) in [6, 6.07) is 0. The minimum absolute atomic E-state index is 0.174. The van der Waals surface area contributed by atoms with Gasteiger partial charge in [0.15, 0.2) is 14.6 Å². The molecule has 0 aliphatic heterocycles. The smallest absolute Gasteiger partial charge is 0.177 e. The van der Waals surface area contributed by atoms with Crippen molar-refractivity contribution < 1.29 is 13.5 Å². The quantitative estimate of drug-likeness (QED) is 0.791. The Morgan fingerprint density at radius 3 is 2.56 bits per heavy atom. The van der Waals surface area contributed by atoms with Crippen LogP contribution in [0.25, 0.3) is 0 Å². The molecule has 0 aliphatic carbocycles. The highest BCUT2D eigenvalue weighted by molar-refractivity contribution is 7.92. The van der Waals surface area contributed by atoms with Crippen LogP contribution in [-0.4, -0.2) is 34.1 Å². The number of sulfone groups is 1. The molecule has 92 valence electrons. The van der Waals surface area contributed by atoms with Gasteiger partial charge in [0.2, 0.25) is 0 Å².